The first-order valence-electron chi connectivity index (χ1n) is 5.62. The molecule has 0 N–H and O–H groups in total. The molecule has 0 unspecified atom stereocenters. The minimum absolute atomic E-state index is 0.781. The molecule has 0 fully saturated rings. The highest BCUT2D eigenvalue weighted by Gasteiger charge is 2.16. The normalized spacial score (nSPS) is 16.5. The molecule has 0 saturated carbocycles. The molecule has 1 aliphatic carbocycles. The van der Waals surface area contributed by atoms with Crippen LogP contribution in [0.3, 0.4) is 0 Å². The zero-order valence-corrected chi connectivity index (χ0v) is 10.0. The van der Waals surface area contributed by atoms with Crippen LogP contribution in [0, 0.1) is 6.92 Å². The van der Waals surface area contributed by atoms with Gasteiger partial charge in [-0.05, 0) is 31.7 Å². The summed E-state index contributed by atoms with van der Waals surface area (Å²) in [6.45, 7) is 2.07. The Kier molecular flexibility index (Phi) is 3.42. The lowest BCUT2D eigenvalue weighted by atomic mass is 9.89. The monoisotopic (exact) mass is 233 g/mol. The van der Waals surface area contributed by atoms with Crippen LogP contribution < -0.4 is 0 Å². The van der Waals surface area contributed by atoms with Crippen LogP contribution in [0.1, 0.15) is 29.5 Å². The molecule has 1 aromatic rings. The largest absolute Gasteiger partial charge is 0.534 e. The van der Waals surface area contributed by atoms with Crippen molar-refractivity contribution in [3.05, 3.63) is 34.9 Å². The van der Waals surface area contributed by atoms with Crippen LogP contribution in [0.2, 0.25) is 0 Å². The zero-order valence-electron chi connectivity index (χ0n) is 10.0. The average molecular weight is 233 g/mol. The summed E-state index contributed by atoms with van der Waals surface area (Å²) in [5, 5.41) is 3.87. The first-order chi connectivity index (χ1) is 8.20. The first-order valence-corrected chi connectivity index (χ1v) is 5.62. The van der Waals surface area contributed by atoms with Crippen LogP contribution in [0.5, 0.6) is 0 Å². The zero-order chi connectivity index (χ0) is 12.3. The van der Waals surface area contributed by atoms with Crippen LogP contribution in [-0.4, -0.2) is 19.0 Å². The number of benzene rings is 1. The number of methoxy groups -OCH3 is 1. The molecule has 2 rings (SSSR count). The lowest BCUT2D eigenvalue weighted by molar-refractivity contribution is 0.0751. The number of rotatable bonds is 1. The molecule has 0 saturated heterocycles. The van der Waals surface area contributed by atoms with E-state index in [0.717, 1.165) is 30.5 Å². The van der Waals surface area contributed by atoms with Crippen molar-refractivity contribution in [2.75, 3.05) is 7.11 Å². The van der Waals surface area contributed by atoms with E-state index in [1.807, 2.05) is 12.1 Å². The molecule has 4 heteroatoms. The number of nitrogens with zero attached hydrogens (tertiary/aromatic N) is 1. The standard InChI is InChI=1S/C13H15NO3/c1-9-6-7-11-10(8-9)4-3-5-12(11)14-17-13(15)16-2/h6-8H,3-5H2,1-2H3/b14-12+. The van der Waals surface area contributed by atoms with E-state index in [0.29, 0.717) is 0 Å². The third-order valence-corrected chi connectivity index (χ3v) is 2.83. The maximum Gasteiger partial charge on any atom is 0.534 e. The highest BCUT2D eigenvalue weighted by atomic mass is 16.8. The van der Waals surface area contributed by atoms with Gasteiger partial charge in [-0.2, -0.15) is 0 Å². The summed E-state index contributed by atoms with van der Waals surface area (Å²) in [6.07, 6.45) is 2.12. The predicted octanol–water partition coefficient (Wildman–Crippen LogP) is 2.82. The first kappa shape index (κ1) is 11.6. The minimum atomic E-state index is -0.781. The number of carbonyl (C=O) groups excluding carboxylic acids is 1. The van der Waals surface area contributed by atoms with Crippen LogP contribution >= 0.6 is 0 Å². The van der Waals surface area contributed by atoms with Crippen molar-refractivity contribution >= 4 is 11.9 Å². The van der Waals surface area contributed by atoms with Crippen LogP contribution in [0.4, 0.5) is 4.79 Å². The summed E-state index contributed by atoms with van der Waals surface area (Å²) in [7, 11) is 1.26. The van der Waals surface area contributed by atoms with Gasteiger partial charge in [-0.15, -0.1) is 0 Å². The number of aryl methyl sites for hydroxylation is 2. The molecule has 0 bridgehead atoms. The van der Waals surface area contributed by atoms with Gasteiger partial charge in [0.15, 0.2) is 0 Å². The smallest absolute Gasteiger partial charge is 0.436 e. The molecule has 0 spiro atoms. The third-order valence-electron chi connectivity index (χ3n) is 2.83. The summed E-state index contributed by atoms with van der Waals surface area (Å²) in [5.41, 5.74) is 4.39. The van der Waals surface area contributed by atoms with E-state index in [4.69, 9.17) is 0 Å². The van der Waals surface area contributed by atoms with Gasteiger partial charge in [0.05, 0.1) is 12.8 Å². The highest BCUT2D eigenvalue weighted by Crippen LogP contribution is 2.23. The number of hydrogen-bond acceptors (Lipinski definition) is 4. The summed E-state index contributed by atoms with van der Waals surface area (Å²) in [4.78, 5) is 15.5. The fourth-order valence-corrected chi connectivity index (χ4v) is 2.02. The van der Waals surface area contributed by atoms with E-state index in [9.17, 15) is 4.79 Å². The average Bonchev–Trinajstić information content (AvgIpc) is 2.35. The van der Waals surface area contributed by atoms with Gasteiger partial charge in [0.25, 0.3) is 0 Å². The van der Waals surface area contributed by atoms with E-state index < -0.39 is 6.16 Å². The van der Waals surface area contributed by atoms with Gasteiger partial charge >= 0.3 is 6.16 Å². The Hall–Kier alpha value is -1.84. The summed E-state index contributed by atoms with van der Waals surface area (Å²) in [6, 6.07) is 6.23. The van der Waals surface area contributed by atoms with Gasteiger partial charge in [-0.3, -0.25) is 4.84 Å². The van der Waals surface area contributed by atoms with Crippen molar-refractivity contribution in [2.45, 2.75) is 26.2 Å². The highest BCUT2D eigenvalue weighted by molar-refractivity contribution is 6.02. The van der Waals surface area contributed by atoms with E-state index in [-0.39, 0.29) is 0 Å². The molecule has 1 aliphatic rings. The van der Waals surface area contributed by atoms with Crippen molar-refractivity contribution in [1.82, 2.24) is 0 Å². The van der Waals surface area contributed by atoms with E-state index >= 15 is 0 Å². The van der Waals surface area contributed by atoms with Gasteiger partial charge in [0.2, 0.25) is 0 Å². The van der Waals surface area contributed by atoms with Crippen molar-refractivity contribution in [3.63, 3.8) is 0 Å². The molecule has 90 valence electrons. The van der Waals surface area contributed by atoms with Crippen molar-refractivity contribution in [2.24, 2.45) is 5.16 Å². The Morgan fingerprint density at radius 2 is 2.18 bits per heavy atom. The Bertz CT molecular complexity index is 466. The molecule has 0 atom stereocenters. The quantitative estimate of drug-likeness (QED) is 0.425. The Labute approximate surface area is 100 Å². The maximum atomic E-state index is 10.9. The predicted molar refractivity (Wildman–Crippen MR) is 64.1 cm³/mol. The Morgan fingerprint density at radius 1 is 1.35 bits per heavy atom. The fraction of sp³-hybridized carbons (Fsp3) is 0.385. The number of oxime groups is 1. The Balaban J connectivity index is 2.25. The molecular weight excluding hydrogens is 218 g/mol. The Morgan fingerprint density at radius 3 is 2.94 bits per heavy atom. The second-order valence-electron chi connectivity index (χ2n) is 4.10. The summed E-state index contributed by atoms with van der Waals surface area (Å²) < 4.78 is 4.38. The lowest BCUT2D eigenvalue weighted by Gasteiger charge is -2.17. The van der Waals surface area contributed by atoms with Crippen LogP contribution in [-0.2, 0) is 16.0 Å². The molecule has 0 radical (unpaired) electrons. The molecule has 4 nitrogen and oxygen atoms in total. The van der Waals surface area contributed by atoms with Gasteiger partial charge < -0.3 is 4.74 Å². The van der Waals surface area contributed by atoms with Gasteiger partial charge in [0, 0.05) is 5.56 Å². The molecule has 1 aromatic carbocycles. The molecule has 17 heavy (non-hydrogen) atoms. The number of fused-ring (bicyclic) bond motifs is 1. The number of carbonyl (C=O) groups is 1. The molecule has 0 aromatic heterocycles. The van der Waals surface area contributed by atoms with Gasteiger partial charge in [0.1, 0.15) is 0 Å². The minimum Gasteiger partial charge on any atom is -0.436 e. The molecule has 0 amide bonds. The second-order valence-corrected chi connectivity index (χ2v) is 4.10. The maximum absolute atomic E-state index is 10.9. The van der Waals surface area contributed by atoms with Gasteiger partial charge in [-0.25, -0.2) is 4.79 Å². The van der Waals surface area contributed by atoms with Crippen LogP contribution in [0.15, 0.2) is 23.4 Å². The fourth-order valence-electron chi connectivity index (χ4n) is 2.02. The van der Waals surface area contributed by atoms with E-state index in [1.165, 1.54) is 18.2 Å². The second kappa shape index (κ2) is 4.99. The topological polar surface area (TPSA) is 47.9 Å². The van der Waals surface area contributed by atoms with Crippen LogP contribution in [0.25, 0.3) is 0 Å². The van der Waals surface area contributed by atoms with Crippen molar-refractivity contribution in [3.8, 4) is 0 Å². The molecule has 0 aliphatic heterocycles. The van der Waals surface area contributed by atoms with Gasteiger partial charge in [-0.1, -0.05) is 28.9 Å². The summed E-state index contributed by atoms with van der Waals surface area (Å²) >= 11 is 0. The van der Waals surface area contributed by atoms with Crippen molar-refractivity contribution < 1.29 is 14.4 Å². The molecular formula is C13H15NO3. The van der Waals surface area contributed by atoms with E-state index in [1.54, 1.807) is 0 Å². The SMILES string of the molecule is COC(=O)O/N=C1\CCCc2cc(C)ccc21. The molecule has 0 heterocycles. The number of hydrogen-bond donors (Lipinski definition) is 0. The summed E-state index contributed by atoms with van der Waals surface area (Å²) in [5.74, 6) is 0. The number of ether oxygens (including phenoxy) is 1. The third kappa shape index (κ3) is 2.64. The van der Waals surface area contributed by atoms with E-state index in [2.05, 4.69) is 27.7 Å². The van der Waals surface area contributed by atoms with Crippen molar-refractivity contribution in [1.29, 1.82) is 0 Å². The lowest BCUT2D eigenvalue weighted by Crippen LogP contribution is -2.13.